The molecule has 2 aromatic rings. The normalized spacial score (nSPS) is 12.4. The number of amides is 1. The molecule has 0 heterocycles. The van der Waals surface area contributed by atoms with Crippen molar-refractivity contribution >= 4 is 27.3 Å². The van der Waals surface area contributed by atoms with Gasteiger partial charge in [0, 0.05) is 5.69 Å². The largest absolute Gasteiger partial charge is 0.324 e. The van der Waals surface area contributed by atoms with Gasteiger partial charge in [-0.3, -0.25) is 9.10 Å². The first kappa shape index (κ1) is 21.0. The summed E-state index contributed by atoms with van der Waals surface area (Å²) in [5, 5.41) is 2.85. The van der Waals surface area contributed by atoms with Gasteiger partial charge in [0.1, 0.15) is 6.04 Å². The maximum Gasteiger partial charge on any atom is 0.248 e. The molecule has 5 nitrogen and oxygen atoms in total. The van der Waals surface area contributed by atoms with E-state index in [4.69, 9.17) is 0 Å². The fraction of sp³-hybridized carbons (Fsp3) is 0.381. The second kappa shape index (κ2) is 9.55. The number of benzene rings is 2. The van der Waals surface area contributed by atoms with Crippen LogP contribution in [0, 0.1) is 0 Å². The van der Waals surface area contributed by atoms with Crippen molar-refractivity contribution in [1.82, 2.24) is 0 Å². The molecule has 1 amide bonds. The first-order valence-electron chi connectivity index (χ1n) is 9.31. The molecule has 0 saturated heterocycles. The van der Waals surface area contributed by atoms with Crippen molar-refractivity contribution in [1.29, 1.82) is 0 Å². The third kappa shape index (κ3) is 5.82. The van der Waals surface area contributed by atoms with E-state index in [1.807, 2.05) is 30.3 Å². The molecular formula is C21H28N2O3S. The third-order valence-corrected chi connectivity index (χ3v) is 5.56. The average molecular weight is 389 g/mol. The summed E-state index contributed by atoms with van der Waals surface area (Å²) in [6, 6.07) is 15.6. The van der Waals surface area contributed by atoms with E-state index >= 15 is 0 Å². The predicted molar refractivity (Wildman–Crippen MR) is 112 cm³/mol. The van der Waals surface area contributed by atoms with Gasteiger partial charge in [0.25, 0.3) is 0 Å². The van der Waals surface area contributed by atoms with Crippen LogP contribution in [0.3, 0.4) is 0 Å². The molecule has 0 bridgehead atoms. The highest BCUT2D eigenvalue weighted by Gasteiger charge is 2.31. The lowest BCUT2D eigenvalue weighted by Crippen LogP contribution is -2.46. The summed E-state index contributed by atoms with van der Waals surface area (Å²) in [5.74, 6) is -0.340. The SMILES string of the molecule is CCCCc1ccc(NC(=O)C(CC)N(c2ccccc2)S(C)(=O)=O)cc1. The summed E-state index contributed by atoms with van der Waals surface area (Å²) < 4.78 is 26.0. The van der Waals surface area contributed by atoms with Gasteiger partial charge in [-0.1, -0.05) is 50.6 Å². The highest BCUT2D eigenvalue weighted by molar-refractivity contribution is 7.92. The van der Waals surface area contributed by atoms with Gasteiger partial charge in [0.05, 0.1) is 11.9 Å². The second-order valence-corrected chi connectivity index (χ2v) is 8.47. The third-order valence-electron chi connectivity index (χ3n) is 4.38. The van der Waals surface area contributed by atoms with Crippen LogP contribution in [0.1, 0.15) is 38.7 Å². The molecule has 0 aliphatic rings. The smallest absolute Gasteiger partial charge is 0.248 e. The predicted octanol–water partition coefficient (Wildman–Crippen LogP) is 4.21. The minimum atomic E-state index is -3.61. The van der Waals surface area contributed by atoms with Gasteiger partial charge < -0.3 is 5.32 Å². The van der Waals surface area contributed by atoms with E-state index in [1.165, 1.54) is 9.87 Å². The van der Waals surface area contributed by atoms with E-state index in [1.54, 1.807) is 31.2 Å². The quantitative estimate of drug-likeness (QED) is 0.700. The Labute approximate surface area is 162 Å². The minimum Gasteiger partial charge on any atom is -0.324 e. The van der Waals surface area contributed by atoms with E-state index in [9.17, 15) is 13.2 Å². The fourth-order valence-corrected chi connectivity index (χ4v) is 4.21. The molecule has 0 radical (unpaired) electrons. The Morgan fingerprint density at radius 3 is 2.19 bits per heavy atom. The number of unbranched alkanes of at least 4 members (excludes halogenated alkanes) is 1. The van der Waals surface area contributed by atoms with Crippen molar-refractivity contribution in [2.75, 3.05) is 15.9 Å². The van der Waals surface area contributed by atoms with Crippen LogP contribution >= 0.6 is 0 Å². The lowest BCUT2D eigenvalue weighted by atomic mass is 10.1. The molecule has 2 rings (SSSR count). The number of nitrogens with zero attached hydrogens (tertiary/aromatic N) is 1. The number of carbonyl (C=O) groups is 1. The lowest BCUT2D eigenvalue weighted by Gasteiger charge is -2.30. The van der Waals surface area contributed by atoms with E-state index in [0.29, 0.717) is 17.8 Å². The molecule has 1 atom stereocenters. The zero-order valence-electron chi connectivity index (χ0n) is 16.2. The van der Waals surface area contributed by atoms with Crippen LogP contribution in [0.4, 0.5) is 11.4 Å². The number of carbonyl (C=O) groups excluding carboxylic acids is 1. The summed E-state index contributed by atoms with van der Waals surface area (Å²) in [5.41, 5.74) is 2.38. The molecule has 0 saturated carbocycles. The summed E-state index contributed by atoms with van der Waals surface area (Å²) in [6.45, 7) is 3.96. The second-order valence-electron chi connectivity index (χ2n) is 6.61. The molecule has 0 aromatic heterocycles. The first-order chi connectivity index (χ1) is 12.9. The Morgan fingerprint density at radius 2 is 1.67 bits per heavy atom. The Kier molecular flexibility index (Phi) is 7.42. The van der Waals surface area contributed by atoms with Crippen molar-refractivity contribution < 1.29 is 13.2 Å². The Balaban J connectivity index is 2.20. The van der Waals surface area contributed by atoms with Gasteiger partial charge in [-0.2, -0.15) is 0 Å². The van der Waals surface area contributed by atoms with Crippen LogP contribution in [-0.2, 0) is 21.2 Å². The summed E-state index contributed by atoms with van der Waals surface area (Å²) in [6.07, 6.45) is 4.76. The van der Waals surface area contributed by atoms with Crippen molar-refractivity contribution in [3.63, 3.8) is 0 Å². The first-order valence-corrected chi connectivity index (χ1v) is 11.2. The Hall–Kier alpha value is -2.34. The highest BCUT2D eigenvalue weighted by Crippen LogP contribution is 2.23. The van der Waals surface area contributed by atoms with Crippen molar-refractivity contribution in [2.45, 2.75) is 45.6 Å². The minimum absolute atomic E-state index is 0.340. The Bertz CT molecular complexity index is 833. The molecule has 27 heavy (non-hydrogen) atoms. The zero-order valence-corrected chi connectivity index (χ0v) is 17.0. The van der Waals surface area contributed by atoms with Gasteiger partial charge in [-0.05, 0) is 49.1 Å². The van der Waals surface area contributed by atoms with Crippen LogP contribution < -0.4 is 9.62 Å². The number of aryl methyl sites for hydroxylation is 1. The standard InChI is InChI=1S/C21H28N2O3S/c1-4-6-10-17-13-15-18(16-14-17)22-21(24)20(5-2)23(27(3,25)26)19-11-8-7-9-12-19/h7-9,11-16,20H,4-6,10H2,1-3H3,(H,22,24). The molecule has 0 fully saturated rings. The van der Waals surface area contributed by atoms with E-state index in [0.717, 1.165) is 25.5 Å². The highest BCUT2D eigenvalue weighted by atomic mass is 32.2. The zero-order chi connectivity index (χ0) is 19.9. The number of hydrogen-bond acceptors (Lipinski definition) is 3. The van der Waals surface area contributed by atoms with E-state index in [-0.39, 0.29) is 5.91 Å². The van der Waals surface area contributed by atoms with E-state index in [2.05, 4.69) is 12.2 Å². The van der Waals surface area contributed by atoms with Gasteiger partial charge in [0.15, 0.2) is 0 Å². The summed E-state index contributed by atoms with van der Waals surface area (Å²) >= 11 is 0. The van der Waals surface area contributed by atoms with Crippen molar-refractivity contribution in [3.05, 3.63) is 60.2 Å². The maximum atomic E-state index is 12.8. The Morgan fingerprint density at radius 1 is 1.04 bits per heavy atom. The number of hydrogen-bond donors (Lipinski definition) is 1. The monoisotopic (exact) mass is 388 g/mol. The number of sulfonamides is 1. The fourth-order valence-electron chi connectivity index (χ4n) is 3.00. The van der Waals surface area contributed by atoms with Crippen molar-refractivity contribution in [2.24, 2.45) is 0 Å². The molecule has 0 aliphatic carbocycles. The lowest BCUT2D eigenvalue weighted by molar-refractivity contribution is -0.117. The van der Waals surface area contributed by atoms with Crippen LogP contribution in [0.25, 0.3) is 0 Å². The maximum absolute atomic E-state index is 12.8. The molecule has 2 aromatic carbocycles. The number of nitrogens with one attached hydrogen (secondary N) is 1. The average Bonchev–Trinajstić information content (AvgIpc) is 2.65. The van der Waals surface area contributed by atoms with Crippen LogP contribution in [0.15, 0.2) is 54.6 Å². The number of rotatable bonds is 9. The molecule has 146 valence electrons. The summed E-state index contributed by atoms with van der Waals surface area (Å²) in [7, 11) is -3.61. The van der Waals surface area contributed by atoms with Gasteiger partial charge >= 0.3 is 0 Å². The van der Waals surface area contributed by atoms with Gasteiger partial charge in [-0.15, -0.1) is 0 Å². The summed E-state index contributed by atoms with van der Waals surface area (Å²) in [4.78, 5) is 12.8. The number of anilines is 2. The molecule has 0 spiro atoms. The molecular weight excluding hydrogens is 360 g/mol. The van der Waals surface area contributed by atoms with Gasteiger partial charge in [0.2, 0.25) is 15.9 Å². The number of para-hydroxylation sites is 1. The molecule has 6 heteroatoms. The molecule has 1 unspecified atom stereocenters. The van der Waals surface area contributed by atoms with Crippen molar-refractivity contribution in [3.8, 4) is 0 Å². The van der Waals surface area contributed by atoms with Crippen LogP contribution in [0.5, 0.6) is 0 Å². The van der Waals surface area contributed by atoms with Crippen LogP contribution in [0.2, 0.25) is 0 Å². The topological polar surface area (TPSA) is 66.5 Å². The van der Waals surface area contributed by atoms with Gasteiger partial charge in [-0.25, -0.2) is 8.42 Å². The molecule has 1 N–H and O–H groups in total. The van der Waals surface area contributed by atoms with E-state index < -0.39 is 16.1 Å². The van der Waals surface area contributed by atoms with Crippen LogP contribution in [-0.4, -0.2) is 26.6 Å². The molecule has 0 aliphatic heterocycles.